The smallest absolute Gasteiger partial charge is 0.123 e. The molecule has 2 heteroatoms. The van der Waals surface area contributed by atoms with Crippen LogP contribution in [0, 0.1) is 11.3 Å². The minimum atomic E-state index is -0.216. The molecule has 0 heterocycles. The summed E-state index contributed by atoms with van der Waals surface area (Å²) in [6, 6.07) is 20.8. The van der Waals surface area contributed by atoms with E-state index in [2.05, 4.69) is 61.2 Å². The van der Waals surface area contributed by atoms with Crippen molar-refractivity contribution in [3.05, 3.63) is 71.3 Å². The third-order valence-corrected chi connectivity index (χ3v) is 3.76. The van der Waals surface area contributed by atoms with Crippen LogP contribution in [0.15, 0.2) is 54.6 Å². The molecule has 2 aromatic carbocycles. The monoisotopic (exact) mass is 278 g/mol. The predicted molar refractivity (Wildman–Crippen MR) is 86.8 cm³/mol. The fourth-order valence-electron chi connectivity index (χ4n) is 2.45. The second-order valence-electron chi connectivity index (χ2n) is 5.75. The van der Waals surface area contributed by atoms with Crippen LogP contribution in [0.25, 0.3) is 0 Å². The molecule has 0 bridgehead atoms. The lowest BCUT2D eigenvalue weighted by atomic mass is 9.99. The molecule has 1 atom stereocenters. The summed E-state index contributed by atoms with van der Waals surface area (Å²) in [6.07, 6.45) is 0. The molecule has 0 saturated carbocycles. The Morgan fingerprint density at radius 3 is 2.05 bits per heavy atom. The van der Waals surface area contributed by atoms with Gasteiger partial charge in [0.2, 0.25) is 0 Å². The zero-order valence-corrected chi connectivity index (χ0v) is 13.0. The molecule has 0 amide bonds. The molecule has 0 saturated heterocycles. The summed E-state index contributed by atoms with van der Waals surface area (Å²) in [5.74, 6) is 0.515. The van der Waals surface area contributed by atoms with Crippen molar-refractivity contribution in [2.75, 3.05) is 7.05 Å². The van der Waals surface area contributed by atoms with Gasteiger partial charge in [0.15, 0.2) is 0 Å². The zero-order chi connectivity index (χ0) is 15.2. The molecule has 0 aliphatic rings. The molecule has 0 aromatic heterocycles. The molecule has 1 unspecified atom stereocenters. The van der Waals surface area contributed by atoms with Gasteiger partial charge in [0.05, 0.1) is 6.07 Å². The summed E-state index contributed by atoms with van der Waals surface area (Å²) in [6.45, 7) is 5.13. The number of benzene rings is 2. The summed E-state index contributed by atoms with van der Waals surface area (Å²) in [5, 5.41) is 9.51. The zero-order valence-electron chi connectivity index (χ0n) is 13.0. The number of hydrogen-bond donors (Lipinski definition) is 0. The lowest BCUT2D eigenvalue weighted by molar-refractivity contribution is 0.283. The van der Waals surface area contributed by atoms with E-state index < -0.39 is 0 Å². The molecular formula is C19H22N2. The van der Waals surface area contributed by atoms with Crippen molar-refractivity contribution in [3.8, 4) is 6.07 Å². The number of nitrogens with zero attached hydrogens (tertiary/aromatic N) is 2. The van der Waals surface area contributed by atoms with Gasteiger partial charge in [-0.2, -0.15) is 5.26 Å². The van der Waals surface area contributed by atoms with Crippen LogP contribution < -0.4 is 0 Å². The van der Waals surface area contributed by atoms with Crippen molar-refractivity contribution in [1.29, 1.82) is 5.26 Å². The van der Waals surface area contributed by atoms with Crippen molar-refractivity contribution < 1.29 is 0 Å². The first kappa shape index (κ1) is 15.3. The molecule has 21 heavy (non-hydrogen) atoms. The van der Waals surface area contributed by atoms with Crippen LogP contribution in [0.2, 0.25) is 0 Å². The van der Waals surface area contributed by atoms with E-state index in [0.717, 1.165) is 12.1 Å². The van der Waals surface area contributed by atoms with E-state index in [0.29, 0.717) is 5.92 Å². The average molecular weight is 278 g/mol. The lowest BCUT2D eigenvalue weighted by Crippen LogP contribution is -2.23. The fraction of sp³-hybridized carbons (Fsp3) is 0.316. The Balaban J connectivity index is 2.13. The van der Waals surface area contributed by atoms with Gasteiger partial charge in [0.25, 0.3) is 0 Å². The first-order valence-corrected chi connectivity index (χ1v) is 7.35. The van der Waals surface area contributed by atoms with Gasteiger partial charge in [-0.15, -0.1) is 0 Å². The van der Waals surface area contributed by atoms with Gasteiger partial charge in [-0.25, -0.2) is 0 Å². The highest BCUT2D eigenvalue weighted by Gasteiger charge is 2.16. The van der Waals surface area contributed by atoms with Gasteiger partial charge in [0.1, 0.15) is 6.04 Å². The Hall–Kier alpha value is -2.11. The van der Waals surface area contributed by atoms with Crippen molar-refractivity contribution in [3.63, 3.8) is 0 Å². The fourth-order valence-corrected chi connectivity index (χ4v) is 2.45. The molecule has 0 radical (unpaired) electrons. The summed E-state index contributed by atoms with van der Waals surface area (Å²) in [4.78, 5) is 2.08. The molecule has 0 N–H and O–H groups in total. The minimum absolute atomic E-state index is 0.216. The van der Waals surface area contributed by atoms with Crippen LogP contribution in [0.4, 0.5) is 0 Å². The third kappa shape index (κ3) is 3.93. The molecule has 0 spiro atoms. The topological polar surface area (TPSA) is 27.0 Å². The minimum Gasteiger partial charge on any atom is -0.283 e. The quantitative estimate of drug-likeness (QED) is 0.804. The van der Waals surface area contributed by atoms with Crippen molar-refractivity contribution >= 4 is 0 Å². The van der Waals surface area contributed by atoms with Gasteiger partial charge in [0, 0.05) is 6.54 Å². The van der Waals surface area contributed by atoms with Gasteiger partial charge >= 0.3 is 0 Å². The number of rotatable bonds is 5. The highest BCUT2D eigenvalue weighted by atomic mass is 15.1. The lowest BCUT2D eigenvalue weighted by Gasteiger charge is -2.23. The highest BCUT2D eigenvalue weighted by Crippen LogP contribution is 2.23. The molecule has 2 aromatic rings. The first-order valence-electron chi connectivity index (χ1n) is 7.35. The van der Waals surface area contributed by atoms with Crippen LogP contribution in [0.3, 0.4) is 0 Å². The average Bonchev–Trinajstić information content (AvgIpc) is 2.49. The van der Waals surface area contributed by atoms with E-state index in [1.54, 1.807) is 0 Å². The molecular weight excluding hydrogens is 256 g/mol. The van der Waals surface area contributed by atoms with E-state index in [4.69, 9.17) is 0 Å². The van der Waals surface area contributed by atoms with E-state index in [9.17, 15) is 5.26 Å². The second-order valence-corrected chi connectivity index (χ2v) is 5.75. The summed E-state index contributed by atoms with van der Waals surface area (Å²) in [5.41, 5.74) is 3.58. The number of hydrogen-bond acceptors (Lipinski definition) is 2. The van der Waals surface area contributed by atoms with Crippen molar-refractivity contribution in [2.45, 2.75) is 32.4 Å². The molecule has 2 nitrogen and oxygen atoms in total. The second kappa shape index (κ2) is 7.06. The van der Waals surface area contributed by atoms with Gasteiger partial charge in [-0.1, -0.05) is 68.4 Å². The Morgan fingerprint density at radius 2 is 1.52 bits per heavy atom. The van der Waals surface area contributed by atoms with E-state index in [1.165, 1.54) is 11.1 Å². The maximum atomic E-state index is 9.51. The van der Waals surface area contributed by atoms with E-state index >= 15 is 0 Å². The first-order chi connectivity index (χ1) is 10.1. The largest absolute Gasteiger partial charge is 0.283 e. The maximum Gasteiger partial charge on any atom is 0.123 e. The predicted octanol–water partition coefficient (Wildman–Crippen LogP) is 4.51. The third-order valence-electron chi connectivity index (χ3n) is 3.76. The molecule has 108 valence electrons. The Labute approximate surface area is 127 Å². The maximum absolute atomic E-state index is 9.51. The summed E-state index contributed by atoms with van der Waals surface area (Å²) in [7, 11) is 2.00. The van der Waals surface area contributed by atoms with Crippen LogP contribution in [-0.2, 0) is 6.54 Å². The summed E-state index contributed by atoms with van der Waals surface area (Å²) < 4.78 is 0. The van der Waals surface area contributed by atoms with Crippen LogP contribution in [0.1, 0.15) is 42.5 Å². The van der Waals surface area contributed by atoms with Crippen molar-refractivity contribution in [1.82, 2.24) is 4.90 Å². The van der Waals surface area contributed by atoms with Crippen LogP contribution >= 0.6 is 0 Å². The van der Waals surface area contributed by atoms with Gasteiger partial charge in [-0.05, 0) is 29.7 Å². The summed E-state index contributed by atoms with van der Waals surface area (Å²) >= 11 is 0. The SMILES string of the molecule is CC(C)c1ccc(C(C#N)N(C)Cc2ccccc2)cc1. The van der Waals surface area contributed by atoms with E-state index in [1.807, 2.05) is 25.2 Å². The normalized spacial score (nSPS) is 12.4. The molecule has 2 rings (SSSR count). The van der Waals surface area contributed by atoms with Gasteiger partial charge in [-0.3, -0.25) is 4.90 Å². The Morgan fingerprint density at radius 1 is 0.952 bits per heavy atom. The molecule has 0 fully saturated rings. The van der Waals surface area contributed by atoms with Gasteiger partial charge < -0.3 is 0 Å². The van der Waals surface area contributed by atoms with Crippen molar-refractivity contribution in [2.24, 2.45) is 0 Å². The van der Waals surface area contributed by atoms with Crippen LogP contribution in [-0.4, -0.2) is 11.9 Å². The Bertz CT molecular complexity index is 594. The van der Waals surface area contributed by atoms with E-state index in [-0.39, 0.29) is 6.04 Å². The number of nitriles is 1. The standard InChI is InChI=1S/C19H22N2/c1-15(2)17-9-11-18(12-10-17)19(13-20)21(3)14-16-7-5-4-6-8-16/h4-12,15,19H,14H2,1-3H3. The van der Waals surface area contributed by atoms with Crippen LogP contribution in [0.5, 0.6) is 0 Å². The highest BCUT2D eigenvalue weighted by molar-refractivity contribution is 5.30. The Kier molecular flexibility index (Phi) is 5.14. The molecule has 0 aliphatic heterocycles. The molecule has 0 aliphatic carbocycles.